The van der Waals surface area contributed by atoms with E-state index in [1.165, 1.54) is 13.8 Å². The topological polar surface area (TPSA) is 99.1 Å². The summed E-state index contributed by atoms with van der Waals surface area (Å²) >= 11 is 0. The summed E-state index contributed by atoms with van der Waals surface area (Å²) in [6.45, 7) is 9.98. The average Bonchev–Trinajstić information content (AvgIpc) is 3.27. The van der Waals surface area contributed by atoms with E-state index < -0.39 is 0 Å². The maximum absolute atomic E-state index is 12.9. The van der Waals surface area contributed by atoms with Crippen LogP contribution in [0.4, 0.5) is 0 Å². The van der Waals surface area contributed by atoms with Gasteiger partial charge in [0.1, 0.15) is 18.8 Å². The standard InChI is InChI=1S/C34H48O7/c1-20(15-31(38)39-19-23-9-7-6-8-10-23)26-11-12-27-32-28(18-30(34(26,27)5)41-22(3)36)33(4)14-13-25(37)16-24(33)17-29(32)40-21(2)35/h6-10,20,24-30,32,37H,11-19H2,1-5H3/t20-,24+,25-,26-,27+,28+,29-,30+,32+,33+,34-/m1/s1. The van der Waals surface area contributed by atoms with Crippen LogP contribution in [-0.4, -0.2) is 41.3 Å². The highest BCUT2D eigenvalue weighted by molar-refractivity contribution is 5.69. The predicted molar refractivity (Wildman–Crippen MR) is 153 cm³/mol. The molecule has 4 aliphatic carbocycles. The van der Waals surface area contributed by atoms with Gasteiger partial charge < -0.3 is 19.3 Å². The van der Waals surface area contributed by atoms with Crippen LogP contribution in [0.3, 0.4) is 0 Å². The number of fused-ring (bicyclic) bond motifs is 5. The normalized spacial score (nSPS) is 40.3. The molecule has 226 valence electrons. The second kappa shape index (κ2) is 11.7. The van der Waals surface area contributed by atoms with Crippen LogP contribution in [0.5, 0.6) is 0 Å². The van der Waals surface area contributed by atoms with Gasteiger partial charge in [0.2, 0.25) is 0 Å². The van der Waals surface area contributed by atoms with Gasteiger partial charge in [-0.1, -0.05) is 51.1 Å². The summed E-state index contributed by atoms with van der Waals surface area (Å²) in [4.78, 5) is 37.8. The smallest absolute Gasteiger partial charge is 0.306 e. The molecule has 41 heavy (non-hydrogen) atoms. The molecule has 1 N–H and O–H groups in total. The van der Waals surface area contributed by atoms with Crippen LogP contribution < -0.4 is 0 Å². The van der Waals surface area contributed by atoms with Crippen LogP contribution >= 0.6 is 0 Å². The molecule has 0 bridgehead atoms. The highest BCUT2D eigenvalue weighted by Crippen LogP contribution is 2.69. The highest BCUT2D eigenvalue weighted by Gasteiger charge is 2.67. The SMILES string of the molecule is CC(=O)O[C@H]1C[C@H]2[C@@H]([C@H](OC(C)=O)C[C@@H]3C[C@H](O)CC[C@@]32C)[C@@H]2CC[C@H]([C@H](C)CC(=O)OCc3ccccc3)[C@@]12C. The molecule has 11 atom stereocenters. The van der Waals surface area contributed by atoms with Crippen molar-refractivity contribution >= 4 is 17.9 Å². The van der Waals surface area contributed by atoms with Gasteiger partial charge in [-0.3, -0.25) is 14.4 Å². The molecule has 0 amide bonds. The quantitative estimate of drug-likeness (QED) is 0.325. The maximum Gasteiger partial charge on any atom is 0.306 e. The minimum atomic E-state index is -0.345. The molecule has 1 aromatic carbocycles. The van der Waals surface area contributed by atoms with Crippen molar-refractivity contribution in [2.45, 2.75) is 111 Å². The molecule has 5 rings (SSSR count). The zero-order valence-corrected chi connectivity index (χ0v) is 25.3. The number of aliphatic hydroxyl groups excluding tert-OH is 1. The van der Waals surface area contributed by atoms with E-state index in [1.807, 2.05) is 30.3 Å². The Balaban J connectivity index is 1.42. The fourth-order valence-electron chi connectivity index (χ4n) is 9.99. The summed E-state index contributed by atoms with van der Waals surface area (Å²) in [5.74, 6) is 0.314. The minimum Gasteiger partial charge on any atom is -0.462 e. The lowest BCUT2D eigenvalue weighted by Gasteiger charge is -2.64. The molecule has 4 aliphatic rings. The Morgan fingerprint density at radius 2 is 1.66 bits per heavy atom. The summed E-state index contributed by atoms with van der Waals surface area (Å²) < 4.78 is 17.9. The Bertz CT molecular complexity index is 1120. The molecular weight excluding hydrogens is 520 g/mol. The number of carbonyl (C=O) groups excluding carboxylic acids is 3. The average molecular weight is 569 g/mol. The zero-order valence-electron chi connectivity index (χ0n) is 25.3. The Labute approximate surface area is 244 Å². The van der Waals surface area contributed by atoms with E-state index in [0.29, 0.717) is 6.42 Å². The molecule has 0 spiro atoms. The third-order valence-electron chi connectivity index (χ3n) is 11.8. The maximum atomic E-state index is 12.9. The molecule has 7 nitrogen and oxygen atoms in total. The largest absolute Gasteiger partial charge is 0.462 e. The molecule has 0 radical (unpaired) electrons. The number of carbonyl (C=O) groups is 3. The molecular formula is C34H48O7. The Hall–Kier alpha value is -2.41. The first-order valence-corrected chi connectivity index (χ1v) is 15.7. The van der Waals surface area contributed by atoms with E-state index in [-0.39, 0.29) is 89.2 Å². The van der Waals surface area contributed by atoms with E-state index in [2.05, 4.69) is 20.8 Å². The van der Waals surface area contributed by atoms with E-state index in [1.54, 1.807) is 0 Å². The van der Waals surface area contributed by atoms with E-state index in [4.69, 9.17) is 14.2 Å². The Morgan fingerprint density at radius 1 is 0.951 bits per heavy atom. The number of esters is 3. The van der Waals surface area contributed by atoms with Crippen molar-refractivity contribution in [1.29, 1.82) is 0 Å². The van der Waals surface area contributed by atoms with Crippen molar-refractivity contribution in [2.24, 2.45) is 46.3 Å². The Kier molecular flexibility index (Phi) is 8.58. The first-order chi connectivity index (χ1) is 19.4. The van der Waals surface area contributed by atoms with Crippen molar-refractivity contribution in [2.75, 3.05) is 0 Å². The van der Waals surface area contributed by atoms with Crippen molar-refractivity contribution < 1.29 is 33.7 Å². The first kappa shape index (κ1) is 30.1. The number of rotatable bonds is 7. The van der Waals surface area contributed by atoms with Gasteiger partial charge in [0.15, 0.2) is 0 Å². The third-order valence-corrected chi connectivity index (χ3v) is 11.8. The minimum absolute atomic E-state index is 0.00871. The number of aliphatic hydroxyl groups is 1. The van der Waals surface area contributed by atoms with Gasteiger partial charge in [-0.2, -0.15) is 0 Å². The van der Waals surface area contributed by atoms with Crippen LogP contribution in [0.1, 0.15) is 91.5 Å². The third kappa shape index (κ3) is 5.68. The number of hydrogen-bond donors (Lipinski definition) is 1. The van der Waals surface area contributed by atoms with Crippen molar-refractivity contribution in [1.82, 2.24) is 0 Å². The van der Waals surface area contributed by atoms with Crippen molar-refractivity contribution in [3.63, 3.8) is 0 Å². The molecule has 0 heterocycles. The van der Waals surface area contributed by atoms with Gasteiger partial charge in [-0.15, -0.1) is 0 Å². The Morgan fingerprint density at radius 3 is 2.34 bits per heavy atom. The van der Waals surface area contributed by atoms with E-state index in [0.717, 1.165) is 50.5 Å². The summed E-state index contributed by atoms with van der Waals surface area (Å²) in [5.41, 5.74) is 0.609. The van der Waals surface area contributed by atoms with E-state index in [9.17, 15) is 19.5 Å². The molecule has 0 aromatic heterocycles. The van der Waals surface area contributed by atoms with Gasteiger partial charge in [0.25, 0.3) is 0 Å². The summed E-state index contributed by atoms with van der Waals surface area (Å²) in [6.07, 6.45) is 5.30. The lowest BCUT2D eigenvalue weighted by molar-refractivity contribution is -0.223. The summed E-state index contributed by atoms with van der Waals surface area (Å²) in [7, 11) is 0. The second-order valence-electron chi connectivity index (χ2n) is 14.0. The number of ether oxygens (including phenoxy) is 3. The summed E-state index contributed by atoms with van der Waals surface area (Å²) in [5, 5.41) is 10.5. The second-order valence-corrected chi connectivity index (χ2v) is 14.0. The van der Waals surface area contributed by atoms with Crippen LogP contribution in [0.2, 0.25) is 0 Å². The van der Waals surface area contributed by atoms with Gasteiger partial charge in [0, 0.05) is 31.6 Å². The fraction of sp³-hybridized carbons (Fsp3) is 0.735. The van der Waals surface area contributed by atoms with Gasteiger partial charge in [-0.25, -0.2) is 0 Å². The molecule has 0 unspecified atom stereocenters. The molecule has 0 aliphatic heterocycles. The first-order valence-electron chi connectivity index (χ1n) is 15.7. The van der Waals surface area contributed by atoms with Crippen LogP contribution in [0.25, 0.3) is 0 Å². The molecule has 4 fully saturated rings. The van der Waals surface area contributed by atoms with Gasteiger partial charge >= 0.3 is 17.9 Å². The van der Waals surface area contributed by atoms with E-state index >= 15 is 0 Å². The van der Waals surface area contributed by atoms with Crippen LogP contribution in [-0.2, 0) is 35.2 Å². The zero-order chi connectivity index (χ0) is 29.5. The summed E-state index contributed by atoms with van der Waals surface area (Å²) in [6, 6.07) is 9.70. The monoisotopic (exact) mass is 568 g/mol. The molecule has 7 heteroatoms. The highest BCUT2D eigenvalue weighted by atomic mass is 16.6. The fourth-order valence-corrected chi connectivity index (χ4v) is 9.99. The number of hydrogen-bond acceptors (Lipinski definition) is 7. The predicted octanol–water partition coefficient (Wildman–Crippen LogP) is 5.86. The molecule has 1 aromatic rings. The number of benzene rings is 1. The molecule has 4 saturated carbocycles. The van der Waals surface area contributed by atoms with Gasteiger partial charge in [0.05, 0.1) is 6.10 Å². The molecule has 0 saturated heterocycles. The van der Waals surface area contributed by atoms with Crippen LogP contribution in [0, 0.1) is 46.3 Å². The van der Waals surface area contributed by atoms with Gasteiger partial charge in [-0.05, 0) is 85.5 Å². The lowest BCUT2D eigenvalue weighted by Crippen LogP contribution is -2.63. The lowest BCUT2D eigenvalue weighted by atomic mass is 9.43. The van der Waals surface area contributed by atoms with Crippen molar-refractivity contribution in [3.8, 4) is 0 Å². The van der Waals surface area contributed by atoms with Crippen LogP contribution in [0.15, 0.2) is 30.3 Å². The van der Waals surface area contributed by atoms with Crippen molar-refractivity contribution in [3.05, 3.63) is 35.9 Å².